The highest BCUT2D eigenvalue weighted by Gasteiger charge is 2.67. The zero-order valence-corrected chi connectivity index (χ0v) is 20.4. The summed E-state index contributed by atoms with van der Waals surface area (Å²) in [6.45, 7) is 10.6. The molecule has 4 nitrogen and oxygen atoms in total. The van der Waals surface area contributed by atoms with E-state index in [2.05, 4.69) is 58.6 Å². The van der Waals surface area contributed by atoms with Crippen LogP contribution in [-0.4, -0.2) is 48.8 Å². The lowest BCUT2D eigenvalue weighted by Gasteiger charge is -2.66. The van der Waals surface area contributed by atoms with Gasteiger partial charge >= 0.3 is 0 Å². The van der Waals surface area contributed by atoms with Crippen molar-refractivity contribution in [2.75, 3.05) is 32.0 Å². The van der Waals surface area contributed by atoms with E-state index in [-0.39, 0.29) is 22.0 Å². The van der Waals surface area contributed by atoms with E-state index >= 15 is 0 Å². The van der Waals surface area contributed by atoms with Crippen molar-refractivity contribution in [3.05, 3.63) is 23.3 Å². The Labute approximate surface area is 183 Å². The Morgan fingerprint density at radius 3 is 2.33 bits per heavy atom. The number of ketones is 1. The van der Waals surface area contributed by atoms with Gasteiger partial charge < -0.3 is 9.47 Å². The maximum Gasteiger partial charge on any atom is 0.196 e. The quantitative estimate of drug-likeness (QED) is 0.618. The van der Waals surface area contributed by atoms with Gasteiger partial charge in [0.05, 0.1) is 18.8 Å². The number of allylic oxidation sites excluding steroid dienone is 4. The van der Waals surface area contributed by atoms with Crippen LogP contribution in [0.3, 0.4) is 0 Å². The molecule has 0 aromatic heterocycles. The minimum atomic E-state index is -0.902. The zero-order valence-electron chi connectivity index (χ0n) is 19.6. The molecule has 4 rings (SSSR count). The van der Waals surface area contributed by atoms with Gasteiger partial charge in [0.15, 0.2) is 11.6 Å². The van der Waals surface area contributed by atoms with Crippen LogP contribution in [0.5, 0.6) is 0 Å². The maximum absolute atomic E-state index is 12.9. The highest BCUT2D eigenvalue weighted by molar-refractivity contribution is 8.32. The standard InChI is InChI=1S/C25H37NO3S/c1-17(30(5,6)7)24-9-8-20-22(2,3)25(28-12-13-29-25)11-10-23(20,4)21(24)14-19(27)18(15-24)16-26/h14-15,17,20H,8-13H2,1-7H3/t17?,20-,23-,24-/m0/s1. The third-order valence-electron chi connectivity index (χ3n) is 9.16. The van der Waals surface area contributed by atoms with Crippen LogP contribution in [0.4, 0.5) is 0 Å². The minimum Gasteiger partial charge on any atom is -0.347 e. The van der Waals surface area contributed by atoms with Crippen molar-refractivity contribution < 1.29 is 14.3 Å². The van der Waals surface area contributed by atoms with E-state index in [1.165, 1.54) is 5.57 Å². The average molecular weight is 432 g/mol. The molecule has 0 amide bonds. The third kappa shape index (κ3) is 2.76. The van der Waals surface area contributed by atoms with Gasteiger partial charge in [0.25, 0.3) is 0 Å². The van der Waals surface area contributed by atoms with E-state index < -0.39 is 15.8 Å². The van der Waals surface area contributed by atoms with Crippen LogP contribution in [0.15, 0.2) is 23.3 Å². The molecule has 30 heavy (non-hydrogen) atoms. The van der Waals surface area contributed by atoms with Gasteiger partial charge in [-0.2, -0.15) is 5.26 Å². The molecule has 1 spiro atoms. The molecule has 2 saturated carbocycles. The lowest BCUT2D eigenvalue weighted by molar-refractivity contribution is -0.284. The molecule has 1 saturated heterocycles. The second kappa shape index (κ2) is 6.70. The van der Waals surface area contributed by atoms with Crippen LogP contribution in [0, 0.1) is 33.5 Å². The summed E-state index contributed by atoms with van der Waals surface area (Å²) in [7, 11) is -0.902. The van der Waals surface area contributed by atoms with Gasteiger partial charge in [0.2, 0.25) is 0 Å². The summed E-state index contributed by atoms with van der Waals surface area (Å²) in [6, 6.07) is 2.19. The number of hydrogen-bond donors (Lipinski definition) is 0. The van der Waals surface area contributed by atoms with Crippen LogP contribution < -0.4 is 0 Å². The molecule has 0 radical (unpaired) electrons. The van der Waals surface area contributed by atoms with E-state index in [0.29, 0.717) is 30.0 Å². The van der Waals surface area contributed by atoms with Crippen molar-refractivity contribution in [3.8, 4) is 6.07 Å². The summed E-state index contributed by atoms with van der Waals surface area (Å²) < 4.78 is 12.5. The molecular weight excluding hydrogens is 394 g/mol. The van der Waals surface area contributed by atoms with E-state index in [0.717, 1.165) is 25.7 Å². The lowest BCUT2D eigenvalue weighted by Crippen LogP contribution is -2.63. The minimum absolute atomic E-state index is 0.103. The highest BCUT2D eigenvalue weighted by Crippen LogP contribution is 2.71. The van der Waals surface area contributed by atoms with Gasteiger partial charge in [-0.25, -0.2) is 10.0 Å². The van der Waals surface area contributed by atoms with Gasteiger partial charge in [0, 0.05) is 17.3 Å². The predicted molar refractivity (Wildman–Crippen MR) is 123 cm³/mol. The molecular formula is C25H37NO3S. The number of ether oxygens (including phenoxy) is 2. The number of rotatable bonds is 2. The SMILES string of the molecule is CC([C@]12C=C(C#N)C(=O)C=C1[C@@]1(C)CCC3(OCCO3)C(C)(C)[C@@H]1CC2)S(C)(C)C. The summed E-state index contributed by atoms with van der Waals surface area (Å²) >= 11 is 0. The van der Waals surface area contributed by atoms with Crippen molar-refractivity contribution in [1.29, 1.82) is 5.26 Å². The fourth-order valence-electron chi connectivity index (χ4n) is 7.25. The molecule has 5 heteroatoms. The topological polar surface area (TPSA) is 59.3 Å². The van der Waals surface area contributed by atoms with Gasteiger partial charge in [-0.3, -0.25) is 4.79 Å². The largest absolute Gasteiger partial charge is 0.347 e. The van der Waals surface area contributed by atoms with E-state index in [1.54, 1.807) is 0 Å². The molecule has 1 aliphatic heterocycles. The predicted octanol–water partition coefficient (Wildman–Crippen LogP) is 4.99. The number of hydrogen-bond acceptors (Lipinski definition) is 4. The molecule has 4 atom stereocenters. The van der Waals surface area contributed by atoms with Crippen molar-refractivity contribution in [2.24, 2.45) is 22.2 Å². The normalized spacial score (nSPS) is 38.7. The molecule has 3 aliphatic carbocycles. The number of nitrogens with zero attached hydrogens (tertiary/aromatic N) is 1. The Kier molecular flexibility index (Phi) is 4.94. The molecule has 0 aromatic carbocycles. The molecule has 3 fully saturated rings. The van der Waals surface area contributed by atoms with E-state index in [1.807, 2.05) is 6.08 Å². The molecule has 0 N–H and O–H groups in total. The Morgan fingerprint density at radius 2 is 1.77 bits per heavy atom. The smallest absolute Gasteiger partial charge is 0.196 e. The number of carbonyl (C=O) groups excluding carboxylic acids is 1. The molecule has 166 valence electrons. The second-order valence-corrected chi connectivity index (χ2v) is 16.0. The summed E-state index contributed by atoms with van der Waals surface area (Å²) in [6.07, 6.45) is 14.8. The summed E-state index contributed by atoms with van der Waals surface area (Å²) in [4.78, 5) is 12.9. The summed E-state index contributed by atoms with van der Waals surface area (Å²) in [5, 5.41) is 10.1. The van der Waals surface area contributed by atoms with Crippen LogP contribution in [-0.2, 0) is 14.3 Å². The van der Waals surface area contributed by atoms with Crippen molar-refractivity contribution in [2.45, 2.75) is 64.4 Å². The highest BCUT2D eigenvalue weighted by atomic mass is 32.3. The van der Waals surface area contributed by atoms with Crippen molar-refractivity contribution >= 4 is 15.8 Å². The van der Waals surface area contributed by atoms with Crippen molar-refractivity contribution in [1.82, 2.24) is 0 Å². The van der Waals surface area contributed by atoms with Gasteiger partial charge in [-0.15, -0.1) is 0 Å². The van der Waals surface area contributed by atoms with Crippen molar-refractivity contribution in [3.63, 3.8) is 0 Å². The lowest BCUT2D eigenvalue weighted by atomic mass is 9.42. The summed E-state index contributed by atoms with van der Waals surface area (Å²) in [5.41, 5.74) is 1.13. The Bertz CT molecular complexity index is 868. The van der Waals surface area contributed by atoms with Gasteiger partial charge in [-0.1, -0.05) is 33.8 Å². The Morgan fingerprint density at radius 1 is 1.13 bits per heavy atom. The fourth-order valence-corrected chi connectivity index (χ4v) is 8.82. The van der Waals surface area contributed by atoms with Crippen LogP contribution in [0.25, 0.3) is 0 Å². The first-order valence-corrected chi connectivity index (χ1v) is 14.1. The number of nitriles is 1. The third-order valence-corrected chi connectivity index (χ3v) is 11.7. The first-order chi connectivity index (χ1) is 13.8. The first kappa shape index (κ1) is 22.1. The average Bonchev–Trinajstić information content (AvgIpc) is 3.15. The molecule has 1 unspecified atom stereocenters. The second-order valence-electron chi connectivity index (χ2n) is 11.4. The summed E-state index contributed by atoms with van der Waals surface area (Å²) in [5.74, 6) is -0.263. The van der Waals surface area contributed by atoms with Crippen LogP contribution in [0.1, 0.15) is 53.4 Å². The van der Waals surface area contributed by atoms with E-state index in [9.17, 15) is 10.1 Å². The first-order valence-electron chi connectivity index (χ1n) is 11.2. The van der Waals surface area contributed by atoms with Gasteiger partial charge in [-0.05, 0) is 66.3 Å². The van der Waals surface area contributed by atoms with E-state index in [4.69, 9.17) is 9.47 Å². The van der Waals surface area contributed by atoms with Crippen LogP contribution >= 0.6 is 10.0 Å². The maximum atomic E-state index is 12.9. The van der Waals surface area contributed by atoms with Crippen LogP contribution in [0.2, 0.25) is 0 Å². The molecule has 0 aromatic rings. The molecule has 4 aliphatic rings. The Balaban J connectivity index is 1.86. The zero-order chi connectivity index (χ0) is 22.2. The van der Waals surface area contributed by atoms with Gasteiger partial charge in [0.1, 0.15) is 6.07 Å². The monoisotopic (exact) mass is 431 g/mol. The molecule has 1 heterocycles. The number of fused-ring (bicyclic) bond motifs is 3. The fraction of sp³-hybridized carbons (Fsp3) is 0.760. The molecule has 0 bridgehead atoms. The Hall–Kier alpha value is -1.09. The number of carbonyl (C=O) groups is 1.